The smallest absolute Gasteiger partial charge is 0.306 e. The molecule has 0 radical (unpaired) electrons. The second-order valence-corrected chi connectivity index (χ2v) is 17.7. The minimum Gasteiger partial charge on any atom is -0.462 e. The van der Waals surface area contributed by atoms with E-state index in [9.17, 15) is 14.4 Å². The van der Waals surface area contributed by atoms with Crippen LogP contribution in [0.5, 0.6) is 0 Å². The van der Waals surface area contributed by atoms with Crippen LogP contribution < -0.4 is 0 Å². The van der Waals surface area contributed by atoms with Gasteiger partial charge in [-0.25, -0.2) is 0 Å². The first-order valence-corrected chi connectivity index (χ1v) is 27.2. The third-order valence-electron chi connectivity index (χ3n) is 11.2. The maximum atomic E-state index is 12.8. The molecule has 0 aromatic rings. The summed E-state index contributed by atoms with van der Waals surface area (Å²) >= 11 is 0. The Kier molecular flexibility index (Phi) is 51.0. The van der Waals surface area contributed by atoms with Crippen LogP contribution in [0.4, 0.5) is 0 Å². The fourth-order valence-corrected chi connectivity index (χ4v) is 7.15. The molecule has 6 heteroatoms. The van der Waals surface area contributed by atoms with Crippen LogP contribution in [-0.4, -0.2) is 37.2 Å². The molecule has 0 spiro atoms. The Morgan fingerprint density at radius 3 is 1.03 bits per heavy atom. The molecule has 0 saturated carbocycles. The van der Waals surface area contributed by atoms with E-state index in [1.807, 2.05) is 91.1 Å². The molecular formula is C61H98O6. The first-order valence-electron chi connectivity index (χ1n) is 27.2. The zero-order chi connectivity index (χ0) is 48.6. The van der Waals surface area contributed by atoms with Gasteiger partial charge >= 0.3 is 17.9 Å². The van der Waals surface area contributed by atoms with E-state index >= 15 is 0 Å². The molecule has 0 aliphatic rings. The van der Waals surface area contributed by atoms with Crippen molar-refractivity contribution in [1.82, 2.24) is 0 Å². The first kappa shape index (κ1) is 62.8. The number of rotatable bonds is 47. The first-order chi connectivity index (χ1) is 33.0. The van der Waals surface area contributed by atoms with Crippen molar-refractivity contribution in [2.45, 2.75) is 232 Å². The molecule has 0 saturated heterocycles. The summed E-state index contributed by atoms with van der Waals surface area (Å²) in [5.74, 6) is -1.02. The third kappa shape index (κ3) is 52.6. The van der Waals surface area contributed by atoms with Crippen LogP contribution in [0.15, 0.2) is 122 Å². The molecule has 67 heavy (non-hydrogen) atoms. The van der Waals surface area contributed by atoms with Crippen molar-refractivity contribution in [1.29, 1.82) is 0 Å². The maximum Gasteiger partial charge on any atom is 0.306 e. The van der Waals surface area contributed by atoms with E-state index in [0.717, 1.165) is 77.0 Å². The van der Waals surface area contributed by atoms with E-state index in [1.54, 1.807) is 0 Å². The third-order valence-corrected chi connectivity index (χ3v) is 11.2. The number of hydrogen-bond acceptors (Lipinski definition) is 6. The lowest BCUT2D eigenvalue weighted by Crippen LogP contribution is -2.30. The van der Waals surface area contributed by atoms with Crippen LogP contribution in [0.1, 0.15) is 226 Å². The van der Waals surface area contributed by atoms with E-state index in [2.05, 4.69) is 51.2 Å². The Morgan fingerprint density at radius 1 is 0.313 bits per heavy atom. The molecule has 378 valence electrons. The van der Waals surface area contributed by atoms with Crippen molar-refractivity contribution in [3.63, 3.8) is 0 Å². The van der Waals surface area contributed by atoms with Crippen molar-refractivity contribution < 1.29 is 28.6 Å². The highest BCUT2D eigenvalue weighted by Gasteiger charge is 2.19. The van der Waals surface area contributed by atoms with Crippen LogP contribution in [0, 0.1) is 0 Å². The lowest BCUT2D eigenvalue weighted by Gasteiger charge is -2.18. The predicted octanol–water partition coefficient (Wildman–Crippen LogP) is 18.1. The lowest BCUT2D eigenvalue weighted by atomic mass is 10.0. The molecule has 1 unspecified atom stereocenters. The van der Waals surface area contributed by atoms with Gasteiger partial charge in [0.25, 0.3) is 0 Å². The maximum absolute atomic E-state index is 12.8. The van der Waals surface area contributed by atoms with Gasteiger partial charge in [-0.15, -0.1) is 0 Å². The fourth-order valence-electron chi connectivity index (χ4n) is 7.15. The molecule has 0 aliphatic heterocycles. The van der Waals surface area contributed by atoms with Gasteiger partial charge in [0.2, 0.25) is 0 Å². The largest absolute Gasteiger partial charge is 0.462 e. The second kappa shape index (κ2) is 54.4. The van der Waals surface area contributed by atoms with Crippen LogP contribution in [0.2, 0.25) is 0 Å². The number of allylic oxidation sites excluding steroid dienone is 20. The Balaban J connectivity index is 4.51. The van der Waals surface area contributed by atoms with E-state index in [-0.39, 0.29) is 37.5 Å². The van der Waals surface area contributed by atoms with Crippen molar-refractivity contribution in [2.24, 2.45) is 0 Å². The summed E-state index contributed by atoms with van der Waals surface area (Å²) < 4.78 is 16.7. The SMILES string of the molecule is CC/C=C/C=C/C=C/C=C/C=C/CCCC(=O)OCC(COC(=O)CCCCCCC/C=C/C=C/C=C/C=C/C=C/CCC)OC(=O)CCCCCCCCCCCCCCCCCCCC. The quantitative estimate of drug-likeness (QED) is 0.0262. The molecule has 0 aliphatic carbocycles. The number of carbonyl (C=O) groups excluding carboxylic acids is 3. The van der Waals surface area contributed by atoms with Gasteiger partial charge in [-0.3, -0.25) is 14.4 Å². The van der Waals surface area contributed by atoms with Crippen LogP contribution in [-0.2, 0) is 28.6 Å². The summed E-state index contributed by atoms with van der Waals surface area (Å²) in [6.45, 7) is 6.32. The molecule has 0 rings (SSSR count). The van der Waals surface area contributed by atoms with Gasteiger partial charge < -0.3 is 14.2 Å². The fraction of sp³-hybridized carbons (Fsp3) is 0.623. The van der Waals surface area contributed by atoms with Gasteiger partial charge in [-0.1, -0.05) is 277 Å². The standard InChI is InChI=1S/C61H98O6/c1-4-7-10-13-16-19-22-25-27-29-31-33-36-39-42-45-48-51-54-60(63)66-57-58(56-65-59(62)53-50-47-44-41-38-35-24-21-18-15-12-9-6-3)67-61(64)55-52-49-46-43-40-37-34-32-30-28-26-23-20-17-14-11-8-5-2/h9-10,12-13,15-16,18-19,21-22,24-25,27,29,31,33,35,38,41,44,58H,4-8,11,14,17,20,23,26,28,30,32,34,36-37,39-40,42-43,45-57H2,1-3H3/b12-9+,13-10+,18-15+,19-16+,24-21+,25-22+,29-27+,33-31+,38-35+,44-41+. The molecule has 0 N–H and O–H groups in total. The molecule has 0 aromatic carbocycles. The predicted molar refractivity (Wildman–Crippen MR) is 288 cm³/mol. The topological polar surface area (TPSA) is 78.9 Å². The van der Waals surface area contributed by atoms with Crippen molar-refractivity contribution >= 4 is 17.9 Å². The van der Waals surface area contributed by atoms with Gasteiger partial charge in [0.15, 0.2) is 6.10 Å². The molecule has 0 aromatic heterocycles. The number of ether oxygens (including phenoxy) is 3. The van der Waals surface area contributed by atoms with Gasteiger partial charge in [0, 0.05) is 19.3 Å². The van der Waals surface area contributed by atoms with Gasteiger partial charge in [0.05, 0.1) is 0 Å². The molecule has 0 bridgehead atoms. The summed E-state index contributed by atoms with van der Waals surface area (Å²) in [4.78, 5) is 38.0. The minimum absolute atomic E-state index is 0.116. The van der Waals surface area contributed by atoms with Gasteiger partial charge in [-0.2, -0.15) is 0 Å². The Hall–Kier alpha value is -4.19. The van der Waals surface area contributed by atoms with E-state index < -0.39 is 6.10 Å². The van der Waals surface area contributed by atoms with Gasteiger partial charge in [0.1, 0.15) is 13.2 Å². The van der Waals surface area contributed by atoms with Crippen molar-refractivity contribution in [2.75, 3.05) is 13.2 Å². The molecule has 6 nitrogen and oxygen atoms in total. The Bertz CT molecular complexity index is 1440. The van der Waals surface area contributed by atoms with Crippen molar-refractivity contribution in [3.8, 4) is 0 Å². The number of carbonyl (C=O) groups is 3. The Morgan fingerprint density at radius 2 is 0.627 bits per heavy atom. The van der Waals surface area contributed by atoms with Crippen molar-refractivity contribution in [3.05, 3.63) is 122 Å². The highest BCUT2D eigenvalue weighted by atomic mass is 16.6. The van der Waals surface area contributed by atoms with Crippen LogP contribution >= 0.6 is 0 Å². The number of unbranched alkanes of at least 4 members (excludes halogenated alkanes) is 24. The molecule has 0 heterocycles. The number of esters is 3. The summed E-state index contributed by atoms with van der Waals surface area (Å²) in [6.07, 6.45) is 74.7. The average molecular weight is 927 g/mol. The molecule has 0 fully saturated rings. The van der Waals surface area contributed by atoms with E-state index in [4.69, 9.17) is 14.2 Å². The molecular weight excluding hydrogens is 829 g/mol. The molecule has 1 atom stereocenters. The second-order valence-electron chi connectivity index (χ2n) is 17.7. The molecule has 0 amide bonds. The average Bonchev–Trinajstić information content (AvgIpc) is 3.33. The zero-order valence-corrected chi connectivity index (χ0v) is 43.1. The lowest BCUT2D eigenvalue weighted by molar-refractivity contribution is -0.167. The summed E-state index contributed by atoms with van der Waals surface area (Å²) in [7, 11) is 0. The summed E-state index contributed by atoms with van der Waals surface area (Å²) in [5.41, 5.74) is 0. The summed E-state index contributed by atoms with van der Waals surface area (Å²) in [5, 5.41) is 0. The number of hydrogen-bond donors (Lipinski definition) is 0. The monoisotopic (exact) mass is 927 g/mol. The summed E-state index contributed by atoms with van der Waals surface area (Å²) in [6, 6.07) is 0. The zero-order valence-electron chi connectivity index (χ0n) is 43.1. The van der Waals surface area contributed by atoms with E-state index in [1.165, 1.54) is 103 Å². The Labute approximate surface area is 412 Å². The highest BCUT2D eigenvalue weighted by molar-refractivity contribution is 5.71. The highest BCUT2D eigenvalue weighted by Crippen LogP contribution is 2.16. The van der Waals surface area contributed by atoms with Crippen LogP contribution in [0.3, 0.4) is 0 Å². The van der Waals surface area contributed by atoms with Crippen LogP contribution in [0.25, 0.3) is 0 Å². The normalized spacial score (nSPS) is 13.1. The van der Waals surface area contributed by atoms with Gasteiger partial charge in [-0.05, 0) is 51.4 Å². The van der Waals surface area contributed by atoms with E-state index in [0.29, 0.717) is 19.3 Å². The minimum atomic E-state index is -0.819.